The van der Waals surface area contributed by atoms with Crippen molar-refractivity contribution in [1.29, 1.82) is 0 Å². The zero-order valence-electron chi connectivity index (χ0n) is 12.5. The highest BCUT2D eigenvalue weighted by atomic mass is 16.5. The van der Waals surface area contributed by atoms with Crippen LogP contribution in [-0.4, -0.2) is 60.3 Å². The van der Waals surface area contributed by atoms with Gasteiger partial charge in [0.15, 0.2) is 12.7 Å². The Morgan fingerprint density at radius 1 is 1.32 bits per heavy atom. The predicted octanol–water partition coefficient (Wildman–Crippen LogP) is -1.91. The molecule has 3 aliphatic rings. The number of carbonyl (C=O) groups excluding carboxylic acids is 3. The van der Waals surface area contributed by atoms with E-state index in [1.165, 1.54) is 12.0 Å². The molecule has 2 saturated heterocycles. The van der Waals surface area contributed by atoms with Gasteiger partial charge in [-0.25, -0.2) is 9.69 Å². The molecular formula is C15H21N2O5+. The molecule has 120 valence electrons. The highest BCUT2D eigenvalue weighted by Gasteiger charge is 2.50. The number of fused-ring (bicyclic) bond motifs is 1. The average Bonchev–Trinajstić information content (AvgIpc) is 3.01. The van der Waals surface area contributed by atoms with Crippen molar-refractivity contribution in [3.8, 4) is 0 Å². The SMILES string of the molecule is COC(=O)[C@@H]1C[C@H](O)C[NH+]1CN1C(=O)[C@H]2CC=CC[C@H]2C1=O. The average molecular weight is 309 g/mol. The van der Waals surface area contributed by atoms with Gasteiger partial charge in [0.05, 0.1) is 18.9 Å². The Kier molecular flexibility index (Phi) is 4.01. The van der Waals surface area contributed by atoms with Gasteiger partial charge in [-0.1, -0.05) is 12.2 Å². The molecule has 2 aliphatic heterocycles. The van der Waals surface area contributed by atoms with E-state index in [4.69, 9.17) is 4.74 Å². The first kappa shape index (κ1) is 15.2. The number of nitrogens with one attached hydrogen (secondary N) is 1. The maximum absolute atomic E-state index is 12.4. The Hall–Kier alpha value is -1.73. The molecule has 2 amide bonds. The maximum Gasteiger partial charge on any atom is 0.364 e. The van der Waals surface area contributed by atoms with Gasteiger partial charge in [-0.3, -0.25) is 9.59 Å². The van der Waals surface area contributed by atoms with E-state index in [1.54, 1.807) is 0 Å². The molecule has 0 aromatic heterocycles. The number of allylic oxidation sites excluding steroid dienone is 2. The number of methoxy groups -OCH3 is 1. The van der Waals surface area contributed by atoms with Crippen LogP contribution in [0.1, 0.15) is 19.3 Å². The minimum atomic E-state index is -0.615. The second-order valence-electron chi connectivity index (χ2n) is 6.25. The lowest BCUT2D eigenvalue weighted by atomic mass is 9.85. The normalized spacial score (nSPS) is 37.5. The van der Waals surface area contributed by atoms with Crippen LogP contribution in [0.2, 0.25) is 0 Å². The highest BCUT2D eigenvalue weighted by Crippen LogP contribution is 2.34. The summed E-state index contributed by atoms with van der Waals surface area (Å²) in [5.74, 6) is -1.25. The smallest absolute Gasteiger partial charge is 0.364 e. The summed E-state index contributed by atoms with van der Waals surface area (Å²) in [6, 6.07) is -0.527. The van der Waals surface area contributed by atoms with E-state index >= 15 is 0 Å². The number of aliphatic hydroxyl groups excluding tert-OH is 1. The van der Waals surface area contributed by atoms with Crippen LogP contribution in [0.25, 0.3) is 0 Å². The Morgan fingerprint density at radius 3 is 2.45 bits per heavy atom. The molecule has 0 radical (unpaired) electrons. The Morgan fingerprint density at radius 2 is 1.91 bits per heavy atom. The van der Waals surface area contributed by atoms with E-state index in [0.717, 1.165) is 0 Å². The fourth-order valence-electron chi connectivity index (χ4n) is 3.77. The largest absolute Gasteiger partial charge is 0.465 e. The summed E-state index contributed by atoms with van der Waals surface area (Å²) in [6.07, 6.45) is 4.77. The number of likely N-dealkylation sites (tertiary alicyclic amines) is 2. The molecular weight excluding hydrogens is 288 g/mol. The van der Waals surface area contributed by atoms with Gasteiger partial charge in [0, 0.05) is 6.42 Å². The van der Waals surface area contributed by atoms with Gasteiger partial charge < -0.3 is 14.7 Å². The zero-order valence-corrected chi connectivity index (χ0v) is 12.5. The lowest BCUT2D eigenvalue weighted by Gasteiger charge is -2.23. The van der Waals surface area contributed by atoms with Gasteiger partial charge in [-0.05, 0) is 12.8 Å². The van der Waals surface area contributed by atoms with Gasteiger partial charge in [0.25, 0.3) is 0 Å². The molecule has 0 bridgehead atoms. The van der Waals surface area contributed by atoms with Gasteiger partial charge >= 0.3 is 5.97 Å². The summed E-state index contributed by atoms with van der Waals surface area (Å²) in [5, 5.41) is 9.80. The molecule has 0 saturated carbocycles. The molecule has 2 fully saturated rings. The Bertz CT molecular complexity index is 506. The number of carbonyl (C=O) groups is 3. The summed E-state index contributed by atoms with van der Waals surface area (Å²) in [6.45, 7) is 0.464. The summed E-state index contributed by atoms with van der Waals surface area (Å²) in [5.41, 5.74) is 0. The minimum Gasteiger partial charge on any atom is -0.465 e. The molecule has 1 unspecified atom stereocenters. The van der Waals surface area contributed by atoms with E-state index in [-0.39, 0.29) is 30.3 Å². The number of imide groups is 1. The number of ether oxygens (including phenoxy) is 1. The Labute approximate surface area is 128 Å². The maximum atomic E-state index is 12.4. The lowest BCUT2D eigenvalue weighted by molar-refractivity contribution is -0.912. The van der Waals surface area contributed by atoms with Crippen molar-refractivity contribution >= 4 is 17.8 Å². The number of hydrogen-bond donors (Lipinski definition) is 2. The van der Waals surface area contributed by atoms with Crippen molar-refractivity contribution < 1.29 is 29.1 Å². The quantitative estimate of drug-likeness (QED) is 0.361. The molecule has 7 nitrogen and oxygen atoms in total. The number of esters is 1. The number of amides is 2. The number of hydrogen-bond acceptors (Lipinski definition) is 5. The first-order valence-corrected chi connectivity index (χ1v) is 7.63. The summed E-state index contributed by atoms with van der Waals surface area (Å²) >= 11 is 0. The molecule has 0 spiro atoms. The first-order chi connectivity index (χ1) is 10.5. The van der Waals surface area contributed by atoms with Gasteiger partial charge in [-0.2, -0.15) is 0 Å². The molecule has 7 heteroatoms. The van der Waals surface area contributed by atoms with Crippen LogP contribution in [0.4, 0.5) is 0 Å². The van der Waals surface area contributed by atoms with Crippen LogP contribution in [0.15, 0.2) is 12.2 Å². The van der Waals surface area contributed by atoms with Crippen molar-refractivity contribution in [3.05, 3.63) is 12.2 Å². The molecule has 1 aliphatic carbocycles. The molecule has 2 N–H and O–H groups in total. The van der Waals surface area contributed by atoms with Crippen LogP contribution in [-0.2, 0) is 19.1 Å². The second-order valence-corrected chi connectivity index (χ2v) is 6.25. The van der Waals surface area contributed by atoms with E-state index in [2.05, 4.69) is 0 Å². The fraction of sp³-hybridized carbons (Fsp3) is 0.667. The third-order valence-electron chi connectivity index (χ3n) is 4.94. The van der Waals surface area contributed by atoms with Crippen LogP contribution < -0.4 is 4.90 Å². The number of aliphatic hydroxyl groups is 1. The van der Waals surface area contributed by atoms with E-state index in [9.17, 15) is 19.5 Å². The lowest BCUT2D eigenvalue weighted by Crippen LogP contribution is -3.16. The molecule has 2 heterocycles. The third kappa shape index (κ3) is 2.44. The van der Waals surface area contributed by atoms with Crippen molar-refractivity contribution in [3.63, 3.8) is 0 Å². The number of quaternary nitrogens is 1. The molecule has 0 aromatic carbocycles. The standard InChI is InChI=1S/C15H20N2O5/c1-22-15(21)12-6-9(18)7-16(12)8-17-13(19)10-4-2-3-5-11(10)14(17)20/h2-3,9-12,18H,4-8H2,1H3/p+1/t9-,10-,11+,12-/m0/s1. The highest BCUT2D eigenvalue weighted by molar-refractivity contribution is 6.05. The van der Waals surface area contributed by atoms with E-state index < -0.39 is 18.1 Å². The predicted molar refractivity (Wildman–Crippen MR) is 74.3 cm³/mol. The zero-order chi connectivity index (χ0) is 15.9. The summed E-state index contributed by atoms with van der Waals surface area (Å²) in [4.78, 5) is 38.7. The topological polar surface area (TPSA) is 88.3 Å². The van der Waals surface area contributed by atoms with Crippen LogP contribution in [0, 0.1) is 11.8 Å². The molecule has 22 heavy (non-hydrogen) atoms. The van der Waals surface area contributed by atoms with Crippen LogP contribution in [0.3, 0.4) is 0 Å². The molecule has 3 rings (SSSR count). The summed E-state index contributed by atoms with van der Waals surface area (Å²) < 4.78 is 4.76. The van der Waals surface area contributed by atoms with Crippen LogP contribution >= 0.6 is 0 Å². The monoisotopic (exact) mass is 309 g/mol. The second kappa shape index (κ2) is 5.81. The molecule has 0 aromatic rings. The van der Waals surface area contributed by atoms with Crippen molar-refractivity contribution in [2.24, 2.45) is 11.8 Å². The van der Waals surface area contributed by atoms with E-state index in [0.29, 0.717) is 30.7 Å². The number of rotatable bonds is 3. The van der Waals surface area contributed by atoms with Gasteiger partial charge in [-0.15, -0.1) is 0 Å². The first-order valence-electron chi connectivity index (χ1n) is 7.63. The molecule has 5 atom stereocenters. The van der Waals surface area contributed by atoms with Crippen molar-refractivity contribution in [2.45, 2.75) is 31.4 Å². The van der Waals surface area contributed by atoms with E-state index in [1.807, 2.05) is 12.2 Å². The number of nitrogens with zero attached hydrogens (tertiary/aromatic N) is 1. The fourth-order valence-corrected chi connectivity index (χ4v) is 3.77. The third-order valence-corrected chi connectivity index (χ3v) is 4.94. The Balaban J connectivity index is 1.74. The summed E-state index contributed by atoms with van der Waals surface area (Å²) in [7, 11) is 1.30. The van der Waals surface area contributed by atoms with Crippen molar-refractivity contribution in [1.82, 2.24) is 4.90 Å². The van der Waals surface area contributed by atoms with Crippen LogP contribution in [0.5, 0.6) is 0 Å². The van der Waals surface area contributed by atoms with Gasteiger partial charge in [0.2, 0.25) is 11.8 Å². The van der Waals surface area contributed by atoms with Gasteiger partial charge in [0.1, 0.15) is 12.6 Å². The van der Waals surface area contributed by atoms with Crippen molar-refractivity contribution in [2.75, 3.05) is 20.3 Å². The minimum absolute atomic E-state index is 0.126.